The lowest BCUT2D eigenvalue weighted by molar-refractivity contribution is -0.138. The predicted octanol–water partition coefficient (Wildman–Crippen LogP) is 5.25. The normalized spacial score (nSPS) is 16.5. The third kappa shape index (κ3) is 4.75. The van der Waals surface area contributed by atoms with Crippen molar-refractivity contribution in [3.05, 3.63) is 69.3 Å². The molecule has 0 aliphatic carbocycles. The van der Waals surface area contributed by atoms with Crippen LogP contribution in [-0.4, -0.2) is 34.9 Å². The molecule has 150 valence electrons. The molecule has 2 aromatic rings. The van der Waals surface area contributed by atoms with Crippen LogP contribution in [0.5, 0.6) is 11.5 Å². The monoisotopic (exact) mass is 431 g/mol. The SMILES string of the molecule is CCOC(=O)C1=C(O)/C(=C/c2ccc(O)c(OC)c2)SC1=Nc1ccc(Cl)cc1. The number of phenols is 1. The number of hydrogen-bond acceptors (Lipinski definition) is 7. The highest BCUT2D eigenvalue weighted by Gasteiger charge is 2.33. The Labute approximate surface area is 177 Å². The van der Waals surface area contributed by atoms with Crippen molar-refractivity contribution in [2.45, 2.75) is 6.92 Å². The zero-order chi connectivity index (χ0) is 21.0. The van der Waals surface area contributed by atoms with E-state index >= 15 is 0 Å². The number of methoxy groups -OCH3 is 1. The fourth-order valence-corrected chi connectivity index (χ4v) is 3.72. The summed E-state index contributed by atoms with van der Waals surface area (Å²) < 4.78 is 10.2. The van der Waals surface area contributed by atoms with Crippen LogP contribution in [0.2, 0.25) is 5.02 Å². The first-order valence-electron chi connectivity index (χ1n) is 8.64. The van der Waals surface area contributed by atoms with Crippen LogP contribution in [0.3, 0.4) is 0 Å². The van der Waals surface area contributed by atoms with Crippen LogP contribution in [0, 0.1) is 0 Å². The molecule has 0 atom stereocenters. The van der Waals surface area contributed by atoms with Gasteiger partial charge in [0.05, 0.1) is 24.3 Å². The van der Waals surface area contributed by atoms with Crippen molar-refractivity contribution in [3.8, 4) is 11.5 Å². The molecule has 0 spiro atoms. The molecule has 6 nitrogen and oxygen atoms in total. The summed E-state index contributed by atoms with van der Waals surface area (Å²) in [6.45, 7) is 1.86. The van der Waals surface area contributed by atoms with Crippen LogP contribution in [-0.2, 0) is 9.53 Å². The third-order valence-corrected chi connectivity index (χ3v) is 5.20. The van der Waals surface area contributed by atoms with Crippen molar-refractivity contribution in [1.29, 1.82) is 0 Å². The third-order valence-electron chi connectivity index (χ3n) is 3.93. The van der Waals surface area contributed by atoms with Gasteiger partial charge >= 0.3 is 5.97 Å². The second kappa shape index (κ2) is 9.07. The van der Waals surface area contributed by atoms with Crippen LogP contribution in [0.4, 0.5) is 5.69 Å². The molecule has 0 saturated heterocycles. The van der Waals surface area contributed by atoms with Crippen molar-refractivity contribution >= 4 is 46.1 Å². The Bertz CT molecular complexity index is 1030. The molecular formula is C21H18ClNO5S. The molecule has 29 heavy (non-hydrogen) atoms. The average Bonchev–Trinajstić information content (AvgIpc) is 3.00. The van der Waals surface area contributed by atoms with Crippen molar-refractivity contribution < 1.29 is 24.5 Å². The zero-order valence-corrected chi connectivity index (χ0v) is 17.3. The number of nitrogens with zero attached hydrogens (tertiary/aromatic N) is 1. The number of thioether (sulfide) groups is 1. The number of carbonyl (C=O) groups excluding carboxylic acids is 1. The number of halogens is 1. The summed E-state index contributed by atoms with van der Waals surface area (Å²) in [7, 11) is 1.45. The molecular weight excluding hydrogens is 414 g/mol. The van der Waals surface area contributed by atoms with Crippen molar-refractivity contribution in [3.63, 3.8) is 0 Å². The standard InChI is InChI=1S/C21H18ClNO5S/c1-3-28-21(26)18-19(25)17(11-12-4-9-15(24)16(10-12)27-2)29-20(18)23-14-7-5-13(22)6-8-14/h4-11,24-25H,3H2,1-2H3/b17-11-,23-20?. The van der Waals surface area contributed by atoms with Gasteiger partial charge in [-0.05, 0) is 55.0 Å². The molecule has 1 heterocycles. The second-order valence-corrected chi connectivity index (χ2v) is 7.35. The molecule has 0 aromatic heterocycles. The van der Waals surface area contributed by atoms with E-state index in [1.54, 1.807) is 49.4 Å². The fraction of sp³-hybridized carbons (Fsp3) is 0.143. The molecule has 0 bridgehead atoms. The highest BCUT2D eigenvalue weighted by molar-refractivity contribution is 8.18. The molecule has 0 amide bonds. The number of phenolic OH excluding ortho intramolecular Hbond substituents is 1. The van der Waals surface area contributed by atoms with Gasteiger partial charge in [0.25, 0.3) is 0 Å². The van der Waals surface area contributed by atoms with Crippen LogP contribution >= 0.6 is 23.4 Å². The first kappa shape index (κ1) is 20.8. The largest absolute Gasteiger partial charge is 0.506 e. The molecule has 2 N–H and O–H groups in total. The number of esters is 1. The van der Waals surface area contributed by atoms with Crippen molar-refractivity contribution in [1.82, 2.24) is 0 Å². The quantitative estimate of drug-likeness (QED) is 0.629. The minimum absolute atomic E-state index is 0.00351. The Morgan fingerprint density at radius 3 is 2.59 bits per heavy atom. The Balaban J connectivity index is 2.03. The van der Waals surface area contributed by atoms with Crippen LogP contribution in [0.25, 0.3) is 6.08 Å². The molecule has 0 radical (unpaired) electrons. The zero-order valence-electron chi connectivity index (χ0n) is 15.7. The topological polar surface area (TPSA) is 88.4 Å². The van der Waals surface area contributed by atoms with Gasteiger partial charge in [-0.15, -0.1) is 0 Å². The summed E-state index contributed by atoms with van der Waals surface area (Å²) in [5.74, 6) is -0.567. The lowest BCUT2D eigenvalue weighted by Crippen LogP contribution is -2.12. The first-order chi connectivity index (χ1) is 13.9. The summed E-state index contributed by atoms with van der Waals surface area (Å²) >= 11 is 7.05. The second-order valence-electron chi connectivity index (χ2n) is 5.88. The Morgan fingerprint density at radius 2 is 1.93 bits per heavy atom. The van der Waals surface area contributed by atoms with E-state index in [4.69, 9.17) is 21.1 Å². The highest BCUT2D eigenvalue weighted by atomic mass is 35.5. The smallest absolute Gasteiger partial charge is 0.344 e. The van der Waals surface area contributed by atoms with Gasteiger partial charge < -0.3 is 19.7 Å². The number of aromatic hydroxyl groups is 1. The van der Waals surface area contributed by atoms with Gasteiger partial charge in [0.15, 0.2) is 11.5 Å². The number of ether oxygens (including phenoxy) is 2. The molecule has 1 aliphatic rings. The van der Waals surface area contributed by atoms with Crippen LogP contribution < -0.4 is 4.74 Å². The number of rotatable bonds is 5. The van der Waals surface area contributed by atoms with Crippen molar-refractivity contribution in [2.75, 3.05) is 13.7 Å². The predicted molar refractivity (Wildman–Crippen MR) is 115 cm³/mol. The van der Waals surface area contributed by atoms with E-state index in [1.165, 1.54) is 13.2 Å². The Morgan fingerprint density at radius 1 is 1.21 bits per heavy atom. The number of aliphatic imine (C=N–C) groups is 1. The van der Waals surface area contributed by atoms with Gasteiger partial charge in [-0.25, -0.2) is 9.79 Å². The lowest BCUT2D eigenvalue weighted by atomic mass is 10.1. The molecule has 1 aliphatic heterocycles. The number of aliphatic hydroxyl groups excluding tert-OH is 1. The number of carbonyl (C=O) groups is 1. The van der Waals surface area contributed by atoms with E-state index in [-0.39, 0.29) is 23.7 Å². The van der Waals surface area contributed by atoms with Gasteiger partial charge in [0.1, 0.15) is 16.4 Å². The molecule has 0 unspecified atom stereocenters. The van der Waals surface area contributed by atoms with Gasteiger partial charge in [-0.2, -0.15) is 0 Å². The van der Waals surface area contributed by atoms with E-state index in [1.807, 2.05) is 0 Å². The summed E-state index contributed by atoms with van der Waals surface area (Å²) in [5, 5.41) is 21.3. The molecule has 8 heteroatoms. The van der Waals surface area contributed by atoms with Gasteiger partial charge in [0, 0.05) is 5.02 Å². The van der Waals surface area contributed by atoms with Gasteiger partial charge in [-0.1, -0.05) is 29.4 Å². The molecule has 2 aromatic carbocycles. The van der Waals surface area contributed by atoms with E-state index in [9.17, 15) is 15.0 Å². The van der Waals surface area contributed by atoms with E-state index < -0.39 is 5.97 Å². The van der Waals surface area contributed by atoms with Crippen LogP contribution in [0.15, 0.2) is 63.7 Å². The summed E-state index contributed by atoms with van der Waals surface area (Å²) in [6.07, 6.45) is 1.67. The Hall–Kier alpha value is -2.90. The van der Waals surface area contributed by atoms with Gasteiger partial charge in [-0.3, -0.25) is 0 Å². The number of aliphatic hydroxyl groups is 1. The average molecular weight is 432 g/mol. The number of benzene rings is 2. The highest BCUT2D eigenvalue weighted by Crippen LogP contribution is 2.41. The summed E-state index contributed by atoms with van der Waals surface area (Å²) in [4.78, 5) is 17.3. The number of hydrogen-bond donors (Lipinski definition) is 2. The summed E-state index contributed by atoms with van der Waals surface area (Å²) in [6, 6.07) is 11.6. The molecule has 0 saturated carbocycles. The maximum absolute atomic E-state index is 12.4. The van der Waals surface area contributed by atoms with E-state index in [0.717, 1.165) is 11.8 Å². The Kier molecular flexibility index (Phi) is 6.51. The first-order valence-corrected chi connectivity index (χ1v) is 9.84. The van der Waals surface area contributed by atoms with E-state index in [0.29, 0.717) is 32.0 Å². The molecule has 3 rings (SSSR count). The fourth-order valence-electron chi connectivity index (χ4n) is 2.56. The molecule has 0 fully saturated rings. The minimum atomic E-state index is -0.656. The lowest BCUT2D eigenvalue weighted by Gasteiger charge is -2.04. The van der Waals surface area contributed by atoms with E-state index in [2.05, 4.69) is 4.99 Å². The van der Waals surface area contributed by atoms with Gasteiger partial charge in [0.2, 0.25) is 0 Å². The maximum atomic E-state index is 12.4. The summed E-state index contributed by atoms with van der Waals surface area (Å²) in [5.41, 5.74) is 1.26. The maximum Gasteiger partial charge on any atom is 0.344 e. The van der Waals surface area contributed by atoms with Crippen LogP contribution in [0.1, 0.15) is 12.5 Å². The van der Waals surface area contributed by atoms with Crippen molar-refractivity contribution in [2.24, 2.45) is 4.99 Å². The minimum Gasteiger partial charge on any atom is -0.506 e.